The molecule has 4 rings (SSSR count). The first-order valence-corrected chi connectivity index (χ1v) is 7.64. The van der Waals surface area contributed by atoms with Gasteiger partial charge in [0.05, 0.1) is 26.8 Å². The summed E-state index contributed by atoms with van der Waals surface area (Å²) in [6.45, 7) is 0. The van der Waals surface area contributed by atoms with Crippen molar-refractivity contribution >= 4 is 44.0 Å². The number of aromatic nitrogens is 3. The van der Waals surface area contributed by atoms with Crippen molar-refractivity contribution < 1.29 is 8.78 Å². The van der Waals surface area contributed by atoms with Crippen molar-refractivity contribution in [1.82, 2.24) is 15.0 Å². The molecule has 0 radical (unpaired) electrons. The first kappa shape index (κ1) is 14.4. The summed E-state index contributed by atoms with van der Waals surface area (Å²) in [4.78, 5) is 12.6. The second kappa shape index (κ2) is 5.47. The second-order valence-electron chi connectivity index (χ2n) is 4.91. The molecule has 2 aromatic carbocycles. The van der Waals surface area contributed by atoms with Crippen LogP contribution in [0.2, 0.25) is 0 Å². The molecule has 0 aliphatic heterocycles. The number of thiazole rings is 1. The molecule has 1 N–H and O–H groups in total. The lowest BCUT2D eigenvalue weighted by molar-refractivity contribution is 0.586. The monoisotopic (exact) mass is 339 g/mol. The summed E-state index contributed by atoms with van der Waals surface area (Å²) < 4.78 is 27.7. The Hall–Kier alpha value is -3.18. The van der Waals surface area contributed by atoms with E-state index in [0.717, 1.165) is 16.8 Å². The predicted molar refractivity (Wildman–Crippen MR) is 87.1 cm³/mol. The molecule has 2 heterocycles. The van der Waals surface area contributed by atoms with E-state index in [-0.39, 0.29) is 5.69 Å². The molecule has 4 aromatic rings. The molecule has 0 unspecified atom stereocenters. The zero-order valence-electron chi connectivity index (χ0n) is 11.9. The van der Waals surface area contributed by atoms with Gasteiger partial charge in [-0.15, -0.1) is 11.3 Å². The highest BCUT2D eigenvalue weighted by molar-refractivity contribution is 7.20. The molecule has 0 saturated carbocycles. The summed E-state index contributed by atoms with van der Waals surface area (Å²) in [5, 5.41) is 12.9. The van der Waals surface area contributed by atoms with E-state index in [2.05, 4.69) is 20.3 Å². The van der Waals surface area contributed by atoms with Crippen LogP contribution in [0.15, 0.2) is 36.7 Å². The summed E-state index contributed by atoms with van der Waals surface area (Å²) in [6, 6.07) is 8.78. The number of halogens is 2. The number of fused-ring (bicyclic) bond motifs is 3. The second-order valence-corrected chi connectivity index (χ2v) is 5.91. The lowest BCUT2D eigenvalue weighted by atomic mass is 10.2. The van der Waals surface area contributed by atoms with Gasteiger partial charge in [-0.3, -0.25) is 0 Å². The van der Waals surface area contributed by atoms with Crippen LogP contribution < -0.4 is 5.32 Å². The van der Waals surface area contributed by atoms with Crippen LogP contribution in [-0.2, 0) is 0 Å². The standard InChI is InChI=1S/C16H7F2N5S/c17-8-1-2-10(9(18)5-8)23-16-14-11(20-7-21-16)3-4-12-15(14)24-13(6-19)22-12/h1-5,7H,(H,20,21,23). The molecule has 116 valence electrons. The van der Waals surface area contributed by atoms with Crippen LogP contribution in [0.5, 0.6) is 0 Å². The van der Waals surface area contributed by atoms with Crippen molar-refractivity contribution in [3.05, 3.63) is 53.3 Å². The van der Waals surface area contributed by atoms with E-state index in [1.54, 1.807) is 12.1 Å². The zero-order valence-corrected chi connectivity index (χ0v) is 12.7. The maximum absolute atomic E-state index is 13.9. The highest BCUT2D eigenvalue weighted by Gasteiger charge is 2.14. The Labute approximate surface area is 138 Å². The summed E-state index contributed by atoms with van der Waals surface area (Å²) >= 11 is 1.21. The molecular weight excluding hydrogens is 332 g/mol. The largest absolute Gasteiger partial charge is 0.337 e. The Kier molecular flexibility index (Phi) is 3.29. The number of nitrogens with one attached hydrogen (secondary N) is 1. The Morgan fingerprint density at radius 1 is 1.08 bits per heavy atom. The number of anilines is 2. The molecular formula is C16H7F2N5S. The lowest BCUT2D eigenvalue weighted by Crippen LogP contribution is -1.98. The first-order valence-electron chi connectivity index (χ1n) is 6.82. The Bertz CT molecular complexity index is 1130. The minimum atomic E-state index is -0.726. The van der Waals surface area contributed by atoms with Gasteiger partial charge in [0.25, 0.3) is 0 Å². The number of hydrogen-bond acceptors (Lipinski definition) is 6. The molecule has 24 heavy (non-hydrogen) atoms. The van der Waals surface area contributed by atoms with E-state index in [0.29, 0.717) is 27.2 Å². The average molecular weight is 339 g/mol. The van der Waals surface area contributed by atoms with Crippen molar-refractivity contribution in [3.8, 4) is 6.07 Å². The fraction of sp³-hybridized carbons (Fsp3) is 0. The SMILES string of the molecule is N#Cc1nc2ccc3ncnc(Nc4ccc(F)cc4F)c3c2s1. The van der Waals surface area contributed by atoms with Gasteiger partial charge in [0, 0.05) is 6.07 Å². The Morgan fingerprint density at radius 2 is 1.92 bits per heavy atom. The molecule has 0 aliphatic rings. The van der Waals surface area contributed by atoms with Crippen molar-refractivity contribution in [2.45, 2.75) is 0 Å². The number of nitrogens with zero attached hydrogens (tertiary/aromatic N) is 4. The normalized spacial score (nSPS) is 10.9. The third kappa shape index (κ3) is 2.31. The van der Waals surface area contributed by atoms with Crippen LogP contribution in [0.4, 0.5) is 20.3 Å². The molecule has 0 amide bonds. The van der Waals surface area contributed by atoms with Crippen LogP contribution >= 0.6 is 11.3 Å². The smallest absolute Gasteiger partial charge is 0.195 e. The Morgan fingerprint density at radius 3 is 2.71 bits per heavy atom. The predicted octanol–water partition coefficient (Wildman–Crippen LogP) is 4.13. The van der Waals surface area contributed by atoms with Gasteiger partial charge in [0.1, 0.15) is 29.8 Å². The fourth-order valence-corrected chi connectivity index (χ4v) is 3.30. The Balaban J connectivity index is 1.94. The van der Waals surface area contributed by atoms with E-state index in [9.17, 15) is 8.78 Å². The summed E-state index contributed by atoms with van der Waals surface area (Å²) in [6.07, 6.45) is 1.35. The molecule has 0 bridgehead atoms. The van der Waals surface area contributed by atoms with Gasteiger partial charge in [-0.05, 0) is 24.3 Å². The highest BCUT2D eigenvalue weighted by Crippen LogP contribution is 2.34. The summed E-state index contributed by atoms with van der Waals surface area (Å²) in [7, 11) is 0. The molecule has 0 saturated heterocycles. The third-order valence-corrected chi connectivity index (χ3v) is 4.43. The average Bonchev–Trinajstić information content (AvgIpc) is 3.01. The number of rotatable bonds is 2. The maximum atomic E-state index is 13.9. The number of nitriles is 1. The van der Waals surface area contributed by atoms with Crippen LogP contribution in [0.25, 0.3) is 21.1 Å². The maximum Gasteiger partial charge on any atom is 0.195 e. The zero-order chi connectivity index (χ0) is 16.7. The van der Waals surface area contributed by atoms with E-state index in [4.69, 9.17) is 5.26 Å². The van der Waals surface area contributed by atoms with Crippen molar-refractivity contribution in [2.75, 3.05) is 5.32 Å². The van der Waals surface area contributed by atoms with Gasteiger partial charge in [0.2, 0.25) is 0 Å². The van der Waals surface area contributed by atoms with Crippen molar-refractivity contribution in [1.29, 1.82) is 5.26 Å². The minimum absolute atomic E-state index is 0.0958. The topological polar surface area (TPSA) is 74.5 Å². The first-order chi connectivity index (χ1) is 11.7. The number of benzene rings is 2. The fourth-order valence-electron chi connectivity index (χ4n) is 2.39. The van der Waals surface area contributed by atoms with Crippen LogP contribution in [0.3, 0.4) is 0 Å². The minimum Gasteiger partial charge on any atom is -0.337 e. The molecule has 0 aliphatic carbocycles. The molecule has 0 atom stereocenters. The van der Waals surface area contributed by atoms with E-state index in [1.165, 1.54) is 23.7 Å². The van der Waals surface area contributed by atoms with E-state index in [1.807, 2.05) is 6.07 Å². The van der Waals surface area contributed by atoms with Crippen LogP contribution in [-0.4, -0.2) is 15.0 Å². The summed E-state index contributed by atoms with van der Waals surface area (Å²) in [5.41, 5.74) is 1.37. The van der Waals surface area contributed by atoms with Gasteiger partial charge >= 0.3 is 0 Å². The van der Waals surface area contributed by atoms with Gasteiger partial charge in [-0.1, -0.05) is 0 Å². The molecule has 5 nitrogen and oxygen atoms in total. The van der Waals surface area contributed by atoms with Crippen LogP contribution in [0, 0.1) is 23.0 Å². The quantitative estimate of drug-likeness (QED) is 0.594. The van der Waals surface area contributed by atoms with Crippen LogP contribution in [0.1, 0.15) is 5.01 Å². The van der Waals surface area contributed by atoms with Gasteiger partial charge in [-0.2, -0.15) is 5.26 Å². The third-order valence-electron chi connectivity index (χ3n) is 3.44. The van der Waals surface area contributed by atoms with Crippen molar-refractivity contribution in [2.24, 2.45) is 0 Å². The van der Waals surface area contributed by atoms with E-state index >= 15 is 0 Å². The number of hydrogen-bond donors (Lipinski definition) is 1. The molecule has 0 fully saturated rings. The van der Waals surface area contributed by atoms with Gasteiger partial charge < -0.3 is 5.32 Å². The van der Waals surface area contributed by atoms with Crippen molar-refractivity contribution in [3.63, 3.8) is 0 Å². The van der Waals surface area contributed by atoms with E-state index < -0.39 is 11.6 Å². The molecule has 0 spiro atoms. The lowest BCUT2D eigenvalue weighted by Gasteiger charge is -2.09. The highest BCUT2D eigenvalue weighted by atomic mass is 32.1. The molecule has 2 aromatic heterocycles. The van der Waals surface area contributed by atoms with Gasteiger partial charge in [0.15, 0.2) is 5.01 Å². The summed E-state index contributed by atoms with van der Waals surface area (Å²) in [5.74, 6) is -1.02. The van der Waals surface area contributed by atoms with Gasteiger partial charge in [-0.25, -0.2) is 23.7 Å². The molecule has 8 heteroatoms.